The van der Waals surface area contributed by atoms with Gasteiger partial charge in [-0.3, -0.25) is 4.72 Å². The maximum atomic E-state index is 12.4. The number of nitrogens with one attached hydrogen (secondary N) is 2. The van der Waals surface area contributed by atoms with Crippen LogP contribution in [0.15, 0.2) is 36.7 Å². The highest BCUT2D eigenvalue weighted by Gasteiger charge is 2.23. The number of hydrogen-bond donors (Lipinski definition) is 2. The molecule has 9 heteroatoms. The van der Waals surface area contributed by atoms with Crippen molar-refractivity contribution in [3.63, 3.8) is 0 Å². The molecule has 21 heavy (non-hydrogen) atoms. The molecule has 2 aromatic rings. The zero-order valence-electron chi connectivity index (χ0n) is 11.3. The number of aromatic nitrogens is 1. The number of halogens is 2. The molecule has 114 valence electrons. The van der Waals surface area contributed by atoms with Crippen LogP contribution in [0, 0.1) is 6.92 Å². The van der Waals surface area contributed by atoms with Crippen molar-refractivity contribution in [1.82, 2.24) is 10.3 Å². The van der Waals surface area contributed by atoms with Gasteiger partial charge in [0, 0.05) is 10.5 Å². The van der Waals surface area contributed by atoms with Crippen molar-refractivity contribution in [1.29, 1.82) is 0 Å². The molecule has 0 radical (unpaired) electrons. The quantitative estimate of drug-likeness (QED) is 0.749. The van der Waals surface area contributed by atoms with Gasteiger partial charge in [0.2, 0.25) is 0 Å². The van der Waals surface area contributed by atoms with Crippen molar-refractivity contribution in [2.24, 2.45) is 0 Å². The second-order valence-electron chi connectivity index (χ2n) is 4.25. The minimum absolute atomic E-state index is 0.0371. The van der Waals surface area contributed by atoms with E-state index >= 15 is 0 Å². The van der Waals surface area contributed by atoms with Crippen molar-refractivity contribution in [3.8, 4) is 0 Å². The molecule has 0 aliphatic heterocycles. The summed E-state index contributed by atoms with van der Waals surface area (Å²) in [5.74, 6) is 0.767. The molecule has 0 fully saturated rings. The van der Waals surface area contributed by atoms with Gasteiger partial charge in [-0.05, 0) is 58.0 Å². The fourth-order valence-electron chi connectivity index (χ4n) is 1.64. The van der Waals surface area contributed by atoms with Gasteiger partial charge in [-0.15, -0.1) is 0 Å². The Labute approximate surface area is 139 Å². The molecule has 2 N–H and O–H groups in total. The van der Waals surface area contributed by atoms with E-state index in [9.17, 15) is 8.42 Å². The molecule has 0 aliphatic rings. The van der Waals surface area contributed by atoms with Crippen molar-refractivity contribution in [2.45, 2.75) is 18.4 Å². The highest BCUT2D eigenvalue weighted by atomic mass is 79.9. The lowest BCUT2D eigenvalue weighted by Crippen LogP contribution is -2.14. The van der Waals surface area contributed by atoms with Crippen molar-refractivity contribution in [3.05, 3.63) is 38.8 Å². The third kappa shape index (κ3) is 3.85. The largest absolute Gasteiger partial charge is 0.451 e. The first-order valence-corrected chi connectivity index (χ1v) is 8.99. The van der Waals surface area contributed by atoms with Crippen LogP contribution in [-0.2, 0) is 16.6 Å². The van der Waals surface area contributed by atoms with Gasteiger partial charge in [0.05, 0.1) is 12.2 Å². The van der Waals surface area contributed by atoms with E-state index in [0.29, 0.717) is 18.0 Å². The standard InChI is InChI=1S/C12H13Br2N3O3S/c1-7-9(13)3-4-11(16-7)17-21(18,19)10-5-8(6-15-2)20-12(10)14/h3-5,15H,6H2,1-2H3,(H,16,17). The van der Waals surface area contributed by atoms with Crippen LogP contribution in [0.4, 0.5) is 5.82 Å². The Hall–Kier alpha value is -0.900. The fraction of sp³-hybridized carbons (Fsp3) is 0.250. The van der Waals surface area contributed by atoms with E-state index in [1.54, 1.807) is 26.1 Å². The number of furan rings is 1. The van der Waals surface area contributed by atoms with Crippen LogP contribution in [0.1, 0.15) is 11.5 Å². The molecule has 0 saturated carbocycles. The van der Waals surface area contributed by atoms with E-state index in [1.807, 2.05) is 0 Å². The second kappa shape index (κ2) is 6.47. The Morgan fingerprint density at radius 3 is 2.67 bits per heavy atom. The lowest BCUT2D eigenvalue weighted by molar-refractivity contribution is 0.470. The fourth-order valence-corrected chi connectivity index (χ4v) is 3.86. The summed E-state index contributed by atoms with van der Waals surface area (Å²) < 4.78 is 33.5. The average Bonchev–Trinajstić information content (AvgIpc) is 2.76. The summed E-state index contributed by atoms with van der Waals surface area (Å²) in [6, 6.07) is 4.78. The lowest BCUT2D eigenvalue weighted by atomic mass is 10.4. The van der Waals surface area contributed by atoms with Gasteiger partial charge >= 0.3 is 0 Å². The van der Waals surface area contributed by atoms with Crippen LogP contribution in [0.3, 0.4) is 0 Å². The number of sulfonamides is 1. The molecule has 0 amide bonds. The van der Waals surface area contributed by atoms with Crippen LogP contribution >= 0.6 is 31.9 Å². The minimum atomic E-state index is -3.77. The highest BCUT2D eigenvalue weighted by molar-refractivity contribution is 9.10. The van der Waals surface area contributed by atoms with Gasteiger partial charge in [0.25, 0.3) is 10.0 Å². The zero-order valence-corrected chi connectivity index (χ0v) is 15.3. The van der Waals surface area contributed by atoms with Gasteiger partial charge in [0.15, 0.2) is 4.67 Å². The summed E-state index contributed by atoms with van der Waals surface area (Å²) in [4.78, 5) is 4.20. The molecule has 2 rings (SSSR count). The normalized spacial score (nSPS) is 11.6. The van der Waals surface area contributed by atoms with E-state index < -0.39 is 10.0 Å². The van der Waals surface area contributed by atoms with Gasteiger partial charge in [-0.1, -0.05) is 0 Å². The van der Waals surface area contributed by atoms with Gasteiger partial charge in [-0.25, -0.2) is 13.4 Å². The number of anilines is 1. The number of nitrogens with zero attached hydrogens (tertiary/aromatic N) is 1. The first-order valence-electron chi connectivity index (χ1n) is 5.92. The summed E-state index contributed by atoms with van der Waals surface area (Å²) in [7, 11) is -2.02. The predicted molar refractivity (Wildman–Crippen MR) is 86.7 cm³/mol. The Bertz CT molecular complexity index is 759. The van der Waals surface area contributed by atoms with Gasteiger partial charge in [0.1, 0.15) is 16.5 Å². The molecule has 0 saturated heterocycles. The van der Waals surface area contributed by atoms with Crippen LogP contribution in [-0.4, -0.2) is 20.4 Å². The van der Waals surface area contributed by atoms with E-state index in [1.165, 1.54) is 6.07 Å². The van der Waals surface area contributed by atoms with Crippen molar-refractivity contribution in [2.75, 3.05) is 11.8 Å². The Kier molecular flexibility index (Phi) is 5.07. The minimum Gasteiger partial charge on any atom is -0.451 e. The Morgan fingerprint density at radius 2 is 2.05 bits per heavy atom. The monoisotopic (exact) mass is 437 g/mol. The molecule has 2 aromatic heterocycles. The maximum absolute atomic E-state index is 12.4. The maximum Gasteiger partial charge on any atom is 0.267 e. The smallest absolute Gasteiger partial charge is 0.267 e. The van der Waals surface area contributed by atoms with E-state index in [-0.39, 0.29) is 15.4 Å². The number of rotatable bonds is 5. The van der Waals surface area contributed by atoms with Crippen molar-refractivity contribution >= 4 is 47.7 Å². The molecule has 2 heterocycles. The predicted octanol–water partition coefficient (Wildman–Crippen LogP) is 3.03. The summed E-state index contributed by atoms with van der Waals surface area (Å²) in [5, 5.41) is 2.89. The number of hydrogen-bond acceptors (Lipinski definition) is 5. The SMILES string of the molecule is CNCc1cc(S(=O)(=O)Nc2ccc(Br)c(C)n2)c(Br)o1. The van der Waals surface area contributed by atoms with Crippen LogP contribution in [0.5, 0.6) is 0 Å². The van der Waals surface area contributed by atoms with Gasteiger partial charge < -0.3 is 9.73 Å². The first-order chi connectivity index (χ1) is 9.83. The highest BCUT2D eigenvalue weighted by Crippen LogP contribution is 2.28. The summed E-state index contributed by atoms with van der Waals surface area (Å²) in [6.07, 6.45) is 0. The Balaban J connectivity index is 2.31. The van der Waals surface area contributed by atoms with Gasteiger partial charge in [-0.2, -0.15) is 0 Å². The van der Waals surface area contributed by atoms with Crippen LogP contribution in [0.25, 0.3) is 0 Å². The van der Waals surface area contributed by atoms with E-state index in [2.05, 4.69) is 46.9 Å². The van der Waals surface area contributed by atoms with Crippen LogP contribution in [0.2, 0.25) is 0 Å². The average molecular weight is 439 g/mol. The third-order valence-electron chi connectivity index (χ3n) is 2.61. The third-order valence-corrected chi connectivity index (χ3v) is 5.66. The summed E-state index contributed by atoms with van der Waals surface area (Å²) >= 11 is 6.44. The second-order valence-corrected chi connectivity index (χ2v) is 7.48. The molecule has 0 atom stereocenters. The molecule has 0 aromatic carbocycles. The van der Waals surface area contributed by atoms with E-state index in [0.717, 1.165) is 4.47 Å². The molecular weight excluding hydrogens is 426 g/mol. The van der Waals surface area contributed by atoms with E-state index in [4.69, 9.17) is 4.42 Å². The number of aryl methyl sites for hydroxylation is 1. The topological polar surface area (TPSA) is 84.2 Å². The molecule has 0 unspecified atom stereocenters. The number of pyridine rings is 1. The van der Waals surface area contributed by atoms with Crippen LogP contribution < -0.4 is 10.0 Å². The molecule has 0 spiro atoms. The molecule has 0 aliphatic carbocycles. The lowest BCUT2D eigenvalue weighted by Gasteiger charge is -2.07. The molecule has 6 nitrogen and oxygen atoms in total. The summed E-state index contributed by atoms with van der Waals surface area (Å²) in [5.41, 5.74) is 0.692. The molecular formula is C12H13Br2N3O3S. The molecule has 0 bridgehead atoms. The summed E-state index contributed by atoms with van der Waals surface area (Å²) in [6.45, 7) is 2.21. The van der Waals surface area contributed by atoms with Crippen molar-refractivity contribution < 1.29 is 12.8 Å². The zero-order chi connectivity index (χ0) is 15.6. The first kappa shape index (κ1) is 16.5. The Morgan fingerprint density at radius 1 is 1.33 bits per heavy atom.